The van der Waals surface area contributed by atoms with Crippen molar-refractivity contribution in [3.05, 3.63) is 11.1 Å². The minimum absolute atomic E-state index is 0.193. The van der Waals surface area contributed by atoms with Gasteiger partial charge in [0, 0.05) is 17.0 Å². The quantitative estimate of drug-likeness (QED) is 0.495. The maximum atomic E-state index is 11.2. The summed E-state index contributed by atoms with van der Waals surface area (Å²) in [5, 5.41) is 0. The van der Waals surface area contributed by atoms with Crippen molar-refractivity contribution in [1.82, 2.24) is 0 Å². The molecule has 2 heteroatoms. The molecule has 1 aliphatic carbocycles. The summed E-state index contributed by atoms with van der Waals surface area (Å²) in [7, 11) is 0. The second-order valence-corrected chi connectivity index (χ2v) is 3.01. The van der Waals surface area contributed by atoms with Gasteiger partial charge in [-0.05, 0) is 19.3 Å². The molecule has 0 spiro atoms. The standard InChI is InChI=1S/C8H11ClO/c1-6-3-2-4-7(5-9)8(6)10/h5-6H,2-4H2,1H3/b7-5-. The van der Waals surface area contributed by atoms with E-state index in [1.54, 1.807) is 0 Å². The van der Waals surface area contributed by atoms with Gasteiger partial charge < -0.3 is 0 Å². The lowest BCUT2D eigenvalue weighted by molar-refractivity contribution is -0.119. The molecule has 0 radical (unpaired) electrons. The molecule has 1 saturated carbocycles. The fourth-order valence-corrected chi connectivity index (χ4v) is 1.49. The van der Waals surface area contributed by atoms with Crippen LogP contribution < -0.4 is 0 Å². The highest BCUT2D eigenvalue weighted by atomic mass is 35.5. The summed E-state index contributed by atoms with van der Waals surface area (Å²) in [5.41, 5.74) is 2.23. The van der Waals surface area contributed by atoms with Crippen molar-refractivity contribution in [2.24, 2.45) is 5.92 Å². The predicted molar refractivity (Wildman–Crippen MR) is 42.0 cm³/mol. The van der Waals surface area contributed by atoms with E-state index in [9.17, 15) is 4.79 Å². The van der Waals surface area contributed by atoms with Crippen molar-refractivity contribution in [2.75, 3.05) is 0 Å². The molecule has 0 saturated heterocycles. The van der Waals surface area contributed by atoms with Gasteiger partial charge in [0.05, 0.1) is 0 Å². The van der Waals surface area contributed by atoms with E-state index in [1.807, 2.05) is 6.92 Å². The molecule has 1 unspecified atom stereocenters. The number of hydrogen-bond acceptors (Lipinski definition) is 1. The first kappa shape index (κ1) is 7.80. The third kappa shape index (κ3) is 1.40. The third-order valence-corrected chi connectivity index (χ3v) is 2.24. The Kier molecular flexibility index (Phi) is 2.50. The summed E-state index contributed by atoms with van der Waals surface area (Å²) in [4.78, 5) is 11.2. The van der Waals surface area contributed by atoms with Crippen molar-refractivity contribution in [2.45, 2.75) is 26.2 Å². The van der Waals surface area contributed by atoms with Crippen LogP contribution in [0.25, 0.3) is 0 Å². The average molecular weight is 159 g/mol. The molecule has 56 valence electrons. The van der Waals surface area contributed by atoms with Crippen LogP contribution in [0.2, 0.25) is 0 Å². The van der Waals surface area contributed by atoms with E-state index in [4.69, 9.17) is 11.6 Å². The molecule has 0 heterocycles. The normalized spacial score (nSPS) is 31.2. The van der Waals surface area contributed by atoms with E-state index in [0.29, 0.717) is 0 Å². The summed E-state index contributed by atoms with van der Waals surface area (Å²) >= 11 is 5.46. The molecule has 1 atom stereocenters. The lowest BCUT2D eigenvalue weighted by Gasteiger charge is -2.17. The van der Waals surface area contributed by atoms with Crippen molar-refractivity contribution in [3.8, 4) is 0 Å². The first-order valence-corrected chi connectivity index (χ1v) is 4.03. The van der Waals surface area contributed by atoms with Crippen molar-refractivity contribution >= 4 is 17.4 Å². The minimum Gasteiger partial charge on any atom is -0.294 e. The SMILES string of the molecule is CC1CCC/C(=C/Cl)C1=O. The molecule has 10 heavy (non-hydrogen) atoms. The van der Waals surface area contributed by atoms with Crippen LogP contribution in [0.15, 0.2) is 11.1 Å². The van der Waals surface area contributed by atoms with Crippen LogP contribution in [0, 0.1) is 5.92 Å². The Morgan fingerprint density at radius 3 is 2.90 bits per heavy atom. The van der Waals surface area contributed by atoms with Gasteiger partial charge in [-0.15, -0.1) is 0 Å². The number of halogens is 1. The van der Waals surface area contributed by atoms with Crippen LogP contribution in [0.4, 0.5) is 0 Å². The monoisotopic (exact) mass is 158 g/mol. The van der Waals surface area contributed by atoms with Crippen molar-refractivity contribution < 1.29 is 4.79 Å². The van der Waals surface area contributed by atoms with E-state index < -0.39 is 0 Å². The van der Waals surface area contributed by atoms with Gasteiger partial charge >= 0.3 is 0 Å². The zero-order valence-corrected chi connectivity index (χ0v) is 6.82. The Balaban J connectivity index is 2.69. The van der Waals surface area contributed by atoms with E-state index in [2.05, 4.69) is 0 Å². The lowest BCUT2D eigenvalue weighted by Crippen LogP contribution is -2.18. The highest BCUT2D eigenvalue weighted by Gasteiger charge is 2.21. The molecule has 0 aromatic heterocycles. The molecule has 0 N–H and O–H groups in total. The third-order valence-electron chi connectivity index (χ3n) is 1.98. The number of ketones is 1. The Bertz CT molecular complexity index is 172. The van der Waals surface area contributed by atoms with Crippen molar-refractivity contribution in [3.63, 3.8) is 0 Å². The minimum atomic E-state index is 0.193. The van der Waals surface area contributed by atoms with Gasteiger partial charge in [-0.3, -0.25) is 4.79 Å². The molecule has 1 aliphatic rings. The lowest BCUT2D eigenvalue weighted by atomic mass is 9.86. The number of carbonyl (C=O) groups excluding carboxylic acids is 1. The topological polar surface area (TPSA) is 17.1 Å². The fourth-order valence-electron chi connectivity index (χ4n) is 1.28. The van der Waals surface area contributed by atoms with E-state index >= 15 is 0 Å². The summed E-state index contributed by atoms with van der Waals surface area (Å²) < 4.78 is 0. The number of carbonyl (C=O) groups is 1. The number of allylic oxidation sites excluding steroid dienone is 1. The Labute approximate surface area is 66.1 Å². The molecular formula is C8H11ClO. The fraction of sp³-hybridized carbons (Fsp3) is 0.625. The van der Waals surface area contributed by atoms with Gasteiger partial charge in [-0.25, -0.2) is 0 Å². The van der Waals surface area contributed by atoms with Gasteiger partial charge in [0.15, 0.2) is 5.78 Å². The van der Waals surface area contributed by atoms with Gasteiger partial charge in [0.25, 0.3) is 0 Å². The first-order valence-electron chi connectivity index (χ1n) is 3.59. The second kappa shape index (κ2) is 3.20. The summed E-state index contributed by atoms with van der Waals surface area (Å²) in [6.07, 6.45) is 2.99. The summed E-state index contributed by atoms with van der Waals surface area (Å²) in [6.45, 7) is 1.96. The van der Waals surface area contributed by atoms with Gasteiger partial charge in [-0.2, -0.15) is 0 Å². The zero-order chi connectivity index (χ0) is 7.56. The Morgan fingerprint density at radius 2 is 2.40 bits per heavy atom. The number of Topliss-reactive ketones (excluding diaryl/α,β-unsaturated/α-hetero) is 1. The summed E-state index contributed by atoms with van der Waals surface area (Å²) in [5.74, 6) is 0.431. The highest BCUT2D eigenvalue weighted by molar-refractivity contribution is 6.27. The number of hydrogen-bond donors (Lipinski definition) is 0. The van der Waals surface area contributed by atoms with Crippen LogP contribution in [-0.4, -0.2) is 5.78 Å². The molecule has 1 fully saturated rings. The molecule has 0 aromatic carbocycles. The van der Waals surface area contributed by atoms with Crippen LogP contribution in [-0.2, 0) is 4.79 Å². The predicted octanol–water partition coefficient (Wildman–Crippen LogP) is 2.50. The first-order chi connectivity index (χ1) is 4.75. The molecule has 0 amide bonds. The van der Waals surface area contributed by atoms with Gasteiger partial charge in [-0.1, -0.05) is 18.5 Å². The molecule has 1 rings (SSSR count). The van der Waals surface area contributed by atoms with Gasteiger partial charge in [0.1, 0.15) is 0 Å². The maximum absolute atomic E-state index is 11.2. The van der Waals surface area contributed by atoms with Crippen LogP contribution in [0.1, 0.15) is 26.2 Å². The molecule has 0 bridgehead atoms. The van der Waals surface area contributed by atoms with Crippen molar-refractivity contribution in [1.29, 1.82) is 0 Å². The molecule has 0 aromatic rings. The van der Waals surface area contributed by atoms with E-state index in [1.165, 1.54) is 5.54 Å². The second-order valence-electron chi connectivity index (χ2n) is 2.79. The van der Waals surface area contributed by atoms with E-state index in [0.717, 1.165) is 24.8 Å². The Hall–Kier alpha value is -0.300. The largest absolute Gasteiger partial charge is 0.294 e. The van der Waals surface area contributed by atoms with Gasteiger partial charge in [0.2, 0.25) is 0 Å². The highest BCUT2D eigenvalue weighted by Crippen LogP contribution is 2.24. The average Bonchev–Trinajstić information content (AvgIpc) is 1.95. The Morgan fingerprint density at radius 1 is 1.70 bits per heavy atom. The summed E-state index contributed by atoms with van der Waals surface area (Å²) in [6, 6.07) is 0. The molecule has 0 aliphatic heterocycles. The number of rotatable bonds is 0. The van der Waals surface area contributed by atoms with Crippen LogP contribution in [0.5, 0.6) is 0 Å². The molecule has 1 nitrogen and oxygen atoms in total. The van der Waals surface area contributed by atoms with E-state index in [-0.39, 0.29) is 11.7 Å². The maximum Gasteiger partial charge on any atom is 0.162 e. The molecular weight excluding hydrogens is 148 g/mol. The zero-order valence-electron chi connectivity index (χ0n) is 6.06. The van der Waals surface area contributed by atoms with Crippen LogP contribution in [0.3, 0.4) is 0 Å². The van der Waals surface area contributed by atoms with Crippen LogP contribution >= 0.6 is 11.6 Å². The smallest absolute Gasteiger partial charge is 0.162 e.